The van der Waals surface area contributed by atoms with E-state index in [2.05, 4.69) is 60.0 Å². The third kappa shape index (κ3) is 2.04. The molecular formula is C13H16N2S. The normalized spacial score (nSPS) is 10.2. The molecule has 0 saturated heterocycles. The highest BCUT2D eigenvalue weighted by Gasteiger charge is 2.08. The summed E-state index contributed by atoms with van der Waals surface area (Å²) in [5, 5.41) is 5.30. The smallest absolute Gasteiger partial charge is 0.0452 e. The Morgan fingerprint density at radius 3 is 2.56 bits per heavy atom. The average Bonchev–Trinajstić information content (AvgIpc) is 2.77. The monoisotopic (exact) mass is 232 g/mol. The highest BCUT2D eigenvalue weighted by Crippen LogP contribution is 2.35. The number of para-hydroxylation sites is 1. The summed E-state index contributed by atoms with van der Waals surface area (Å²) in [4.78, 5) is 3.45. The molecule has 0 aliphatic heterocycles. The molecule has 0 radical (unpaired) electrons. The molecule has 0 aliphatic carbocycles. The minimum Gasteiger partial charge on any atom is -0.387 e. The maximum atomic E-state index is 3.16. The molecular weight excluding hydrogens is 216 g/mol. The van der Waals surface area contributed by atoms with E-state index in [-0.39, 0.29) is 0 Å². The van der Waals surface area contributed by atoms with Crippen LogP contribution in [0.3, 0.4) is 0 Å². The van der Waals surface area contributed by atoms with Gasteiger partial charge in [-0.1, -0.05) is 18.2 Å². The number of benzene rings is 1. The molecule has 16 heavy (non-hydrogen) atoms. The molecule has 2 rings (SSSR count). The molecule has 1 N–H and O–H groups in total. The predicted molar refractivity (Wildman–Crippen MR) is 73.6 cm³/mol. The van der Waals surface area contributed by atoms with E-state index in [0.717, 1.165) is 0 Å². The Balaban J connectivity index is 2.46. The first-order chi connectivity index (χ1) is 7.72. The third-order valence-electron chi connectivity index (χ3n) is 2.54. The van der Waals surface area contributed by atoms with Crippen molar-refractivity contribution >= 4 is 22.7 Å². The lowest BCUT2D eigenvalue weighted by atomic mass is 10.1. The van der Waals surface area contributed by atoms with Gasteiger partial charge in [0, 0.05) is 48.3 Å². The number of hydrogen-bond donors (Lipinski definition) is 1. The minimum atomic E-state index is 1.17. The number of hydrogen-bond acceptors (Lipinski definition) is 3. The Labute approximate surface area is 101 Å². The number of nitrogens with zero attached hydrogens (tertiary/aromatic N) is 1. The SMILES string of the molecule is CNc1csc(-c2ccccc2N(C)C)c1. The molecule has 0 amide bonds. The van der Waals surface area contributed by atoms with E-state index in [1.165, 1.54) is 21.8 Å². The molecule has 1 aromatic carbocycles. The van der Waals surface area contributed by atoms with Gasteiger partial charge < -0.3 is 10.2 Å². The second-order valence-electron chi connectivity index (χ2n) is 3.86. The van der Waals surface area contributed by atoms with E-state index < -0.39 is 0 Å². The van der Waals surface area contributed by atoms with Gasteiger partial charge in [-0.3, -0.25) is 0 Å². The van der Waals surface area contributed by atoms with Gasteiger partial charge in [0.2, 0.25) is 0 Å². The van der Waals surface area contributed by atoms with Crippen molar-refractivity contribution in [2.24, 2.45) is 0 Å². The summed E-state index contributed by atoms with van der Waals surface area (Å²) in [6, 6.07) is 10.7. The van der Waals surface area contributed by atoms with Crippen LogP contribution in [0.4, 0.5) is 11.4 Å². The van der Waals surface area contributed by atoms with Crippen molar-refractivity contribution in [2.75, 3.05) is 31.4 Å². The summed E-state index contributed by atoms with van der Waals surface area (Å²) in [7, 11) is 6.10. The second kappa shape index (κ2) is 4.58. The van der Waals surface area contributed by atoms with Crippen LogP contribution in [0.5, 0.6) is 0 Å². The molecule has 0 spiro atoms. The Hall–Kier alpha value is -1.48. The summed E-state index contributed by atoms with van der Waals surface area (Å²) in [6.45, 7) is 0. The van der Waals surface area contributed by atoms with Crippen LogP contribution in [0, 0.1) is 0 Å². The fourth-order valence-electron chi connectivity index (χ4n) is 1.68. The summed E-state index contributed by atoms with van der Waals surface area (Å²) in [5.41, 5.74) is 3.72. The summed E-state index contributed by atoms with van der Waals surface area (Å²) >= 11 is 1.77. The largest absolute Gasteiger partial charge is 0.387 e. The number of rotatable bonds is 3. The lowest BCUT2D eigenvalue weighted by Gasteiger charge is -2.16. The third-order valence-corrected chi connectivity index (χ3v) is 3.50. The van der Waals surface area contributed by atoms with Crippen LogP contribution in [0.15, 0.2) is 35.7 Å². The number of nitrogens with one attached hydrogen (secondary N) is 1. The van der Waals surface area contributed by atoms with Gasteiger partial charge in [-0.15, -0.1) is 11.3 Å². The first kappa shape index (κ1) is 11.0. The molecule has 0 atom stereocenters. The predicted octanol–water partition coefficient (Wildman–Crippen LogP) is 3.52. The van der Waals surface area contributed by atoms with Crippen molar-refractivity contribution < 1.29 is 0 Å². The molecule has 0 bridgehead atoms. The van der Waals surface area contributed by atoms with Gasteiger partial charge in [-0.2, -0.15) is 0 Å². The molecule has 0 aliphatic rings. The fraction of sp³-hybridized carbons (Fsp3) is 0.231. The molecule has 2 aromatic rings. The number of anilines is 2. The van der Waals surface area contributed by atoms with Crippen LogP contribution in [0.25, 0.3) is 10.4 Å². The lowest BCUT2D eigenvalue weighted by Crippen LogP contribution is -2.09. The minimum absolute atomic E-state index is 1.17. The van der Waals surface area contributed by atoms with Gasteiger partial charge in [0.15, 0.2) is 0 Å². The second-order valence-corrected chi connectivity index (χ2v) is 4.77. The van der Waals surface area contributed by atoms with Gasteiger partial charge in [0.25, 0.3) is 0 Å². The van der Waals surface area contributed by atoms with E-state index in [1.807, 2.05) is 7.05 Å². The Morgan fingerprint density at radius 1 is 1.19 bits per heavy atom. The van der Waals surface area contributed by atoms with Crippen LogP contribution in [0.1, 0.15) is 0 Å². The van der Waals surface area contributed by atoms with Crippen LogP contribution in [0.2, 0.25) is 0 Å². The quantitative estimate of drug-likeness (QED) is 0.871. The molecule has 0 fully saturated rings. The average molecular weight is 232 g/mol. The van der Waals surface area contributed by atoms with Gasteiger partial charge in [0.05, 0.1) is 0 Å². The van der Waals surface area contributed by atoms with Crippen molar-refractivity contribution in [1.29, 1.82) is 0 Å². The van der Waals surface area contributed by atoms with E-state index in [4.69, 9.17) is 0 Å². The van der Waals surface area contributed by atoms with Crippen molar-refractivity contribution in [3.05, 3.63) is 35.7 Å². The maximum Gasteiger partial charge on any atom is 0.0452 e. The Kier molecular flexibility index (Phi) is 3.15. The van der Waals surface area contributed by atoms with E-state index in [0.29, 0.717) is 0 Å². The van der Waals surface area contributed by atoms with Gasteiger partial charge in [0.1, 0.15) is 0 Å². The highest BCUT2D eigenvalue weighted by molar-refractivity contribution is 7.14. The van der Waals surface area contributed by atoms with Crippen LogP contribution in [-0.4, -0.2) is 21.1 Å². The van der Waals surface area contributed by atoms with E-state index in [1.54, 1.807) is 11.3 Å². The topological polar surface area (TPSA) is 15.3 Å². The first-order valence-corrected chi connectivity index (χ1v) is 6.13. The molecule has 84 valence electrons. The van der Waals surface area contributed by atoms with Crippen LogP contribution in [-0.2, 0) is 0 Å². The summed E-state index contributed by atoms with van der Waals surface area (Å²) in [6.07, 6.45) is 0. The highest BCUT2D eigenvalue weighted by atomic mass is 32.1. The Morgan fingerprint density at radius 2 is 1.94 bits per heavy atom. The van der Waals surface area contributed by atoms with Crippen LogP contribution < -0.4 is 10.2 Å². The molecule has 1 heterocycles. The Bertz CT molecular complexity index is 474. The van der Waals surface area contributed by atoms with Crippen molar-refractivity contribution in [3.63, 3.8) is 0 Å². The number of thiophene rings is 1. The van der Waals surface area contributed by atoms with E-state index >= 15 is 0 Å². The first-order valence-electron chi connectivity index (χ1n) is 5.25. The van der Waals surface area contributed by atoms with Crippen LogP contribution >= 0.6 is 11.3 Å². The van der Waals surface area contributed by atoms with Crippen molar-refractivity contribution in [3.8, 4) is 10.4 Å². The zero-order valence-corrected chi connectivity index (χ0v) is 10.6. The maximum absolute atomic E-state index is 3.16. The molecule has 2 nitrogen and oxygen atoms in total. The van der Waals surface area contributed by atoms with Gasteiger partial charge >= 0.3 is 0 Å². The van der Waals surface area contributed by atoms with Crippen molar-refractivity contribution in [1.82, 2.24) is 0 Å². The molecule has 0 unspecified atom stereocenters. The zero-order valence-electron chi connectivity index (χ0n) is 9.82. The van der Waals surface area contributed by atoms with E-state index in [9.17, 15) is 0 Å². The van der Waals surface area contributed by atoms with Crippen molar-refractivity contribution in [2.45, 2.75) is 0 Å². The molecule has 0 saturated carbocycles. The summed E-state index contributed by atoms with van der Waals surface area (Å²) < 4.78 is 0. The molecule has 3 heteroatoms. The lowest BCUT2D eigenvalue weighted by molar-refractivity contribution is 1.13. The molecule has 1 aromatic heterocycles. The van der Waals surface area contributed by atoms with Gasteiger partial charge in [-0.25, -0.2) is 0 Å². The standard InChI is InChI=1S/C13H16N2S/c1-14-10-8-13(16-9-10)11-6-4-5-7-12(11)15(2)3/h4-9,14H,1-3H3. The summed E-state index contributed by atoms with van der Waals surface area (Å²) in [5.74, 6) is 0. The fourth-order valence-corrected chi connectivity index (χ4v) is 2.61. The van der Waals surface area contributed by atoms with Gasteiger partial charge in [-0.05, 0) is 12.1 Å². The zero-order chi connectivity index (χ0) is 11.5.